The lowest BCUT2D eigenvalue weighted by molar-refractivity contribution is 0.315. The van der Waals surface area contributed by atoms with E-state index in [1.807, 2.05) is 37.3 Å². The number of anilines is 1. The number of rotatable bonds is 4. The van der Waals surface area contributed by atoms with Gasteiger partial charge in [-0.25, -0.2) is 0 Å². The van der Waals surface area contributed by atoms with Crippen LogP contribution in [0.4, 0.5) is 5.69 Å². The first kappa shape index (κ1) is 13.8. The smallest absolute Gasteiger partial charge is 0.0547 e. The Balaban J connectivity index is 2.03. The zero-order valence-corrected chi connectivity index (χ0v) is 12.0. The second-order valence-corrected chi connectivity index (χ2v) is 5.22. The average Bonchev–Trinajstić information content (AvgIpc) is 2.33. The van der Waals surface area contributed by atoms with Crippen LogP contribution in [0, 0.1) is 6.92 Å². The second kappa shape index (κ2) is 6.04. The summed E-state index contributed by atoms with van der Waals surface area (Å²) in [5, 5.41) is 0.671. The Bertz CT molecular complexity index is 569. The van der Waals surface area contributed by atoms with Gasteiger partial charge < -0.3 is 5.73 Å². The lowest BCUT2D eigenvalue weighted by Gasteiger charge is -2.17. The molecule has 2 N–H and O–H groups in total. The lowest BCUT2D eigenvalue weighted by Crippen LogP contribution is -2.18. The lowest BCUT2D eigenvalue weighted by atomic mass is 10.1. The zero-order chi connectivity index (χ0) is 13.8. The SMILES string of the molecule is Cc1cccc(CN(C)Cc2ccc(Cl)cc2N)n1. The van der Waals surface area contributed by atoms with Gasteiger partial charge in [0, 0.05) is 29.5 Å². The van der Waals surface area contributed by atoms with Crippen LogP contribution in [-0.4, -0.2) is 16.9 Å². The van der Waals surface area contributed by atoms with E-state index in [1.54, 1.807) is 6.07 Å². The highest BCUT2D eigenvalue weighted by Gasteiger charge is 2.06. The molecule has 0 bridgehead atoms. The topological polar surface area (TPSA) is 42.1 Å². The van der Waals surface area contributed by atoms with Gasteiger partial charge in [0.05, 0.1) is 5.69 Å². The molecule has 0 saturated heterocycles. The number of aryl methyl sites for hydroxylation is 1. The van der Waals surface area contributed by atoms with Gasteiger partial charge in [0.15, 0.2) is 0 Å². The van der Waals surface area contributed by atoms with Crippen LogP contribution in [0.15, 0.2) is 36.4 Å². The molecule has 3 nitrogen and oxygen atoms in total. The van der Waals surface area contributed by atoms with Crippen molar-refractivity contribution in [2.24, 2.45) is 0 Å². The van der Waals surface area contributed by atoms with E-state index in [2.05, 4.69) is 16.9 Å². The third-order valence-corrected chi connectivity index (χ3v) is 3.16. The van der Waals surface area contributed by atoms with Crippen LogP contribution in [0.3, 0.4) is 0 Å². The summed E-state index contributed by atoms with van der Waals surface area (Å²) in [5.41, 5.74) is 9.88. The van der Waals surface area contributed by atoms with Crippen LogP contribution >= 0.6 is 11.6 Å². The Morgan fingerprint density at radius 3 is 2.68 bits per heavy atom. The number of nitrogen functional groups attached to an aromatic ring is 1. The normalized spacial score (nSPS) is 10.9. The van der Waals surface area contributed by atoms with E-state index in [-0.39, 0.29) is 0 Å². The molecular weight excluding hydrogens is 258 g/mol. The van der Waals surface area contributed by atoms with Crippen molar-refractivity contribution >= 4 is 17.3 Å². The first-order chi connectivity index (χ1) is 9.04. The fourth-order valence-electron chi connectivity index (χ4n) is 2.02. The maximum atomic E-state index is 5.96. The summed E-state index contributed by atoms with van der Waals surface area (Å²) in [5.74, 6) is 0. The van der Waals surface area contributed by atoms with Crippen LogP contribution in [0.2, 0.25) is 5.02 Å². The highest BCUT2D eigenvalue weighted by molar-refractivity contribution is 6.30. The molecule has 19 heavy (non-hydrogen) atoms. The summed E-state index contributed by atoms with van der Waals surface area (Å²) in [6.07, 6.45) is 0. The van der Waals surface area contributed by atoms with Crippen molar-refractivity contribution in [2.45, 2.75) is 20.0 Å². The number of pyridine rings is 1. The van der Waals surface area contributed by atoms with Crippen LogP contribution in [0.25, 0.3) is 0 Å². The molecule has 0 fully saturated rings. The van der Waals surface area contributed by atoms with Gasteiger partial charge in [-0.3, -0.25) is 9.88 Å². The van der Waals surface area contributed by atoms with Gasteiger partial charge in [-0.1, -0.05) is 23.7 Å². The van der Waals surface area contributed by atoms with Gasteiger partial charge in [-0.05, 0) is 43.8 Å². The minimum atomic E-state index is 0.671. The van der Waals surface area contributed by atoms with Crippen molar-refractivity contribution in [3.63, 3.8) is 0 Å². The van der Waals surface area contributed by atoms with E-state index < -0.39 is 0 Å². The minimum Gasteiger partial charge on any atom is -0.398 e. The summed E-state index contributed by atoms with van der Waals surface area (Å²) in [6, 6.07) is 11.7. The Morgan fingerprint density at radius 2 is 2.00 bits per heavy atom. The van der Waals surface area contributed by atoms with Crippen LogP contribution in [-0.2, 0) is 13.1 Å². The third-order valence-electron chi connectivity index (χ3n) is 2.93. The Morgan fingerprint density at radius 1 is 1.21 bits per heavy atom. The number of nitrogens with zero attached hydrogens (tertiary/aromatic N) is 2. The van der Waals surface area contributed by atoms with Crippen LogP contribution in [0.1, 0.15) is 17.0 Å². The summed E-state index contributed by atoms with van der Waals surface area (Å²) in [6.45, 7) is 3.57. The molecule has 2 rings (SSSR count). The summed E-state index contributed by atoms with van der Waals surface area (Å²) < 4.78 is 0. The monoisotopic (exact) mass is 275 g/mol. The van der Waals surface area contributed by atoms with E-state index in [9.17, 15) is 0 Å². The van der Waals surface area contributed by atoms with Crippen molar-refractivity contribution < 1.29 is 0 Å². The van der Waals surface area contributed by atoms with Gasteiger partial charge in [-0.15, -0.1) is 0 Å². The largest absolute Gasteiger partial charge is 0.398 e. The summed E-state index contributed by atoms with van der Waals surface area (Å²) in [4.78, 5) is 6.68. The molecule has 0 amide bonds. The molecule has 0 unspecified atom stereocenters. The molecule has 0 radical (unpaired) electrons. The third kappa shape index (κ3) is 3.94. The molecule has 1 aromatic carbocycles. The number of aromatic nitrogens is 1. The standard InChI is InChI=1S/C15H18ClN3/c1-11-4-3-5-14(18-11)10-19(2)9-12-6-7-13(16)8-15(12)17/h3-8H,9-10,17H2,1-2H3. The van der Waals surface area contributed by atoms with Crippen molar-refractivity contribution in [2.75, 3.05) is 12.8 Å². The maximum Gasteiger partial charge on any atom is 0.0547 e. The number of hydrogen-bond donors (Lipinski definition) is 1. The van der Waals surface area contributed by atoms with E-state index >= 15 is 0 Å². The molecule has 1 heterocycles. The van der Waals surface area contributed by atoms with E-state index in [0.717, 1.165) is 35.7 Å². The number of halogens is 1. The highest BCUT2D eigenvalue weighted by atomic mass is 35.5. The number of benzene rings is 1. The Hall–Kier alpha value is -1.58. The van der Waals surface area contributed by atoms with Crippen LogP contribution in [0.5, 0.6) is 0 Å². The fourth-order valence-corrected chi connectivity index (χ4v) is 2.20. The molecule has 0 saturated carbocycles. The average molecular weight is 276 g/mol. The molecule has 2 aromatic rings. The van der Waals surface area contributed by atoms with E-state index in [1.165, 1.54) is 0 Å². The molecule has 100 valence electrons. The van der Waals surface area contributed by atoms with Gasteiger partial charge in [-0.2, -0.15) is 0 Å². The predicted octanol–water partition coefficient (Wildman–Crippen LogP) is 3.26. The Kier molecular flexibility index (Phi) is 4.40. The predicted molar refractivity (Wildman–Crippen MR) is 80.0 cm³/mol. The van der Waals surface area contributed by atoms with E-state index in [4.69, 9.17) is 17.3 Å². The minimum absolute atomic E-state index is 0.671. The molecule has 0 aliphatic carbocycles. The van der Waals surface area contributed by atoms with Crippen molar-refractivity contribution in [3.8, 4) is 0 Å². The van der Waals surface area contributed by atoms with Gasteiger partial charge >= 0.3 is 0 Å². The highest BCUT2D eigenvalue weighted by Crippen LogP contribution is 2.19. The molecular formula is C15H18ClN3. The van der Waals surface area contributed by atoms with E-state index in [0.29, 0.717) is 5.02 Å². The van der Waals surface area contributed by atoms with Crippen LogP contribution < -0.4 is 5.73 Å². The van der Waals surface area contributed by atoms with Crippen molar-refractivity contribution in [1.82, 2.24) is 9.88 Å². The quantitative estimate of drug-likeness (QED) is 0.871. The van der Waals surface area contributed by atoms with Crippen molar-refractivity contribution in [3.05, 3.63) is 58.4 Å². The molecule has 0 spiro atoms. The maximum absolute atomic E-state index is 5.96. The summed E-state index contributed by atoms with van der Waals surface area (Å²) in [7, 11) is 2.05. The molecule has 0 aliphatic rings. The molecule has 4 heteroatoms. The molecule has 0 atom stereocenters. The van der Waals surface area contributed by atoms with Crippen molar-refractivity contribution in [1.29, 1.82) is 0 Å². The first-order valence-electron chi connectivity index (χ1n) is 6.19. The molecule has 0 aliphatic heterocycles. The summed E-state index contributed by atoms with van der Waals surface area (Å²) >= 11 is 5.90. The van der Waals surface area contributed by atoms with Gasteiger partial charge in [0.2, 0.25) is 0 Å². The van der Waals surface area contributed by atoms with Gasteiger partial charge in [0.25, 0.3) is 0 Å². The second-order valence-electron chi connectivity index (χ2n) is 4.79. The zero-order valence-electron chi connectivity index (χ0n) is 11.2. The fraction of sp³-hybridized carbons (Fsp3) is 0.267. The number of nitrogens with two attached hydrogens (primary N) is 1. The first-order valence-corrected chi connectivity index (χ1v) is 6.57. The Labute approximate surface area is 119 Å². The number of hydrogen-bond acceptors (Lipinski definition) is 3. The van der Waals surface area contributed by atoms with Gasteiger partial charge in [0.1, 0.15) is 0 Å². The molecule has 1 aromatic heterocycles.